The maximum absolute atomic E-state index is 11.7. The van der Waals surface area contributed by atoms with Crippen LogP contribution in [0, 0.1) is 0 Å². The molecule has 2 aromatic carbocycles. The molecule has 0 bridgehead atoms. The van der Waals surface area contributed by atoms with Crippen LogP contribution in [0.2, 0.25) is 0 Å². The molecule has 1 atom stereocenters. The van der Waals surface area contributed by atoms with Crippen LogP contribution in [0.1, 0.15) is 11.8 Å². The Morgan fingerprint density at radius 2 is 1.53 bits per heavy atom. The number of aliphatic hydroxyl groups excluding tert-OH is 1. The van der Waals surface area contributed by atoms with Gasteiger partial charge in [0.05, 0.1) is 16.9 Å². The van der Waals surface area contributed by atoms with Crippen LogP contribution in [-0.2, 0) is 9.84 Å². The van der Waals surface area contributed by atoms with Gasteiger partial charge in [0.25, 0.3) is 0 Å². The molecule has 0 amide bonds. The highest BCUT2D eigenvalue weighted by molar-refractivity contribution is 7.90. The van der Waals surface area contributed by atoms with Crippen LogP contribution in [0.15, 0.2) is 88.4 Å². The summed E-state index contributed by atoms with van der Waals surface area (Å²) in [6, 6.07) is 21.4. The number of aromatic nitrogens is 1. The summed E-state index contributed by atoms with van der Waals surface area (Å²) in [5, 5.41) is 9.54. The summed E-state index contributed by atoms with van der Waals surface area (Å²) in [6.45, 7) is 0. The number of aliphatic hydroxyl groups is 1. The molecule has 0 fully saturated rings. The Bertz CT molecular complexity index is 1260. The molecule has 1 unspecified atom stereocenters. The number of nitrogens with zero attached hydrogens (tertiary/aromatic N) is 1. The summed E-state index contributed by atoms with van der Waals surface area (Å²) in [4.78, 5) is 4.96. The summed E-state index contributed by atoms with van der Waals surface area (Å²) >= 11 is 0. The second kappa shape index (κ2) is 7.87. The lowest BCUT2D eigenvalue weighted by Crippen LogP contribution is -2.07. The molecular weight excluding hydrogens is 400 g/mol. The highest BCUT2D eigenvalue weighted by Crippen LogP contribution is 2.31. The fourth-order valence-electron chi connectivity index (χ4n) is 3.14. The Morgan fingerprint density at radius 3 is 2.10 bits per heavy atom. The van der Waals surface area contributed by atoms with E-state index >= 15 is 0 Å². The third-order valence-corrected chi connectivity index (χ3v) is 5.89. The van der Waals surface area contributed by atoms with Crippen molar-refractivity contribution in [1.29, 1.82) is 0 Å². The molecule has 0 saturated heterocycles. The van der Waals surface area contributed by atoms with Gasteiger partial charge in [0.1, 0.15) is 11.9 Å². The van der Waals surface area contributed by atoms with Crippen LogP contribution < -0.4 is 5.73 Å². The third-order valence-electron chi connectivity index (χ3n) is 4.76. The number of sulfone groups is 1. The van der Waals surface area contributed by atoms with Crippen molar-refractivity contribution in [3.05, 3.63) is 84.6 Å². The van der Waals surface area contributed by atoms with Gasteiger partial charge in [-0.05, 0) is 53.1 Å². The van der Waals surface area contributed by atoms with E-state index < -0.39 is 16.1 Å². The van der Waals surface area contributed by atoms with Gasteiger partial charge in [-0.1, -0.05) is 36.4 Å². The predicted molar refractivity (Wildman–Crippen MR) is 115 cm³/mol. The van der Waals surface area contributed by atoms with E-state index in [0.717, 1.165) is 16.7 Å². The summed E-state index contributed by atoms with van der Waals surface area (Å²) in [6.07, 6.45) is 1.73. The van der Waals surface area contributed by atoms with Crippen molar-refractivity contribution in [2.75, 3.05) is 6.26 Å². The van der Waals surface area contributed by atoms with Crippen molar-refractivity contribution in [2.24, 2.45) is 5.73 Å². The molecule has 0 spiro atoms. The van der Waals surface area contributed by atoms with Crippen LogP contribution >= 0.6 is 0 Å². The number of hydrogen-bond donors (Lipinski definition) is 2. The maximum atomic E-state index is 11.7. The first kappa shape index (κ1) is 20.0. The first-order chi connectivity index (χ1) is 14.3. The van der Waals surface area contributed by atoms with E-state index in [2.05, 4.69) is 0 Å². The van der Waals surface area contributed by atoms with Crippen molar-refractivity contribution in [1.82, 2.24) is 4.98 Å². The van der Waals surface area contributed by atoms with Crippen LogP contribution in [-0.4, -0.2) is 24.8 Å². The zero-order valence-electron chi connectivity index (χ0n) is 16.2. The van der Waals surface area contributed by atoms with Crippen molar-refractivity contribution >= 4 is 9.84 Å². The monoisotopic (exact) mass is 420 g/mol. The Hall–Kier alpha value is -3.26. The molecule has 30 heavy (non-hydrogen) atoms. The number of hydrogen-bond acceptors (Lipinski definition) is 6. The summed E-state index contributed by atoms with van der Waals surface area (Å²) in [5.74, 6) is 0.625. The fraction of sp³-hybridized carbons (Fsp3) is 0.0870. The van der Waals surface area contributed by atoms with Crippen molar-refractivity contribution in [3.63, 3.8) is 0 Å². The van der Waals surface area contributed by atoms with Gasteiger partial charge < -0.3 is 15.3 Å². The van der Waals surface area contributed by atoms with Crippen molar-refractivity contribution < 1.29 is 17.9 Å². The minimum absolute atomic E-state index is 0.254. The molecule has 3 N–H and O–H groups in total. The summed E-state index contributed by atoms with van der Waals surface area (Å²) in [5.41, 5.74) is 10.1. The fourth-order valence-corrected chi connectivity index (χ4v) is 3.77. The first-order valence-corrected chi connectivity index (χ1v) is 11.1. The van der Waals surface area contributed by atoms with E-state index in [4.69, 9.17) is 15.1 Å². The van der Waals surface area contributed by atoms with Crippen LogP contribution in [0.5, 0.6) is 0 Å². The van der Waals surface area contributed by atoms with E-state index in [1.54, 1.807) is 48.7 Å². The quantitative estimate of drug-likeness (QED) is 0.472. The van der Waals surface area contributed by atoms with E-state index in [-0.39, 0.29) is 4.90 Å². The van der Waals surface area contributed by atoms with Crippen LogP contribution in [0.25, 0.3) is 33.8 Å². The van der Waals surface area contributed by atoms with Gasteiger partial charge >= 0.3 is 0 Å². The lowest BCUT2D eigenvalue weighted by Gasteiger charge is -2.11. The Balaban J connectivity index is 1.82. The molecule has 6 nitrogen and oxygen atoms in total. The van der Waals surface area contributed by atoms with Gasteiger partial charge in [-0.2, -0.15) is 0 Å². The normalized spacial score (nSPS) is 12.6. The smallest absolute Gasteiger partial charge is 0.175 e. The van der Waals surface area contributed by atoms with E-state index in [1.807, 2.05) is 30.3 Å². The molecule has 0 radical (unpaired) electrons. The Labute approximate surface area is 174 Å². The standard InChI is InChI=1S/C23H20N2O4S/c1-30(27,28)19-10-8-16(9-11-19)20-13-18(14-21(25-20)22-3-2-12-29-22)15-4-6-17(7-5-15)23(24)26/h2-14,23,26H,24H2,1H3. The molecular formula is C23H20N2O4S. The van der Waals surface area contributed by atoms with Gasteiger partial charge in [0.2, 0.25) is 0 Å². The zero-order valence-corrected chi connectivity index (χ0v) is 17.0. The lowest BCUT2D eigenvalue weighted by molar-refractivity contribution is 0.186. The number of benzene rings is 2. The topological polar surface area (TPSA) is 106 Å². The lowest BCUT2D eigenvalue weighted by atomic mass is 10.0. The molecule has 152 valence electrons. The molecule has 4 aromatic rings. The van der Waals surface area contributed by atoms with Gasteiger partial charge in [-0.15, -0.1) is 0 Å². The molecule has 0 aliphatic carbocycles. The number of nitrogens with two attached hydrogens (primary N) is 1. The average molecular weight is 420 g/mol. The predicted octanol–water partition coefficient (Wildman–Crippen LogP) is 4.03. The molecule has 2 heterocycles. The molecule has 2 aromatic heterocycles. The minimum atomic E-state index is -3.27. The molecule has 0 saturated carbocycles. The molecule has 7 heteroatoms. The second-order valence-electron chi connectivity index (χ2n) is 6.97. The molecule has 0 aliphatic heterocycles. The van der Waals surface area contributed by atoms with E-state index in [1.165, 1.54) is 6.26 Å². The Morgan fingerprint density at radius 1 is 0.900 bits per heavy atom. The summed E-state index contributed by atoms with van der Waals surface area (Å²) in [7, 11) is -3.27. The highest BCUT2D eigenvalue weighted by atomic mass is 32.2. The van der Waals surface area contributed by atoms with Crippen molar-refractivity contribution in [2.45, 2.75) is 11.1 Å². The van der Waals surface area contributed by atoms with E-state index in [9.17, 15) is 13.5 Å². The third kappa shape index (κ3) is 4.18. The van der Waals surface area contributed by atoms with E-state index in [0.29, 0.717) is 22.7 Å². The number of rotatable bonds is 5. The minimum Gasteiger partial charge on any atom is -0.463 e. The molecule has 0 aliphatic rings. The number of furan rings is 1. The molecule has 4 rings (SSSR count). The zero-order chi connectivity index (χ0) is 21.3. The second-order valence-corrected chi connectivity index (χ2v) is 8.98. The largest absolute Gasteiger partial charge is 0.463 e. The maximum Gasteiger partial charge on any atom is 0.175 e. The van der Waals surface area contributed by atoms with Gasteiger partial charge in [-0.25, -0.2) is 13.4 Å². The van der Waals surface area contributed by atoms with Gasteiger partial charge in [-0.3, -0.25) is 0 Å². The van der Waals surface area contributed by atoms with Crippen molar-refractivity contribution in [3.8, 4) is 33.8 Å². The van der Waals surface area contributed by atoms with Crippen LogP contribution in [0.4, 0.5) is 0 Å². The number of pyridine rings is 1. The summed E-state index contributed by atoms with van der Waals surface area (Å²) < 4.78 is 29.0. The Kier molecular flexibility index (Phi) is 5.26. The van der Waals surface area contributed by atoms with Crippen LogP contribution in [0.3, 0.4) is 0 Å². The SMILES string of the molecule is CS(=O)(=O)c1ccc(-c2cc(-c3ccc(C(N)O)cc3)cc(-c3ccco3)n2)cc1. The first-order valence-electron chi connectivity index (χ1n) is 9.22. The average Bonchev–Trinajstić information content (AvgIpc) is 3.28. The highest BCUT2D eigenvalue weighted by Gasteiger charge is 2.12. The van der Waals surface area contributed by atoms with Gasteiger partial charge in [0.15, 0.2) is 15.6 Å². The van der Waals surface area contributed by atoms with Gasteiger partial charge in [0, 0.05) is 11.8 Å².